The molecule has 3 rings (SSSR count). The number of nitrogens with zero attached hydrogens (tertiary/aromatic N) is 2. The van der Waals surface area contributed by atoms with Crippen LogP contribution in [0.25, 0.3) is 11.0 Å². The number of aromatic nitrogens is 3. The van der Waals surface area contributed by atoms with E-state index in [2.05, 4.69) is 20.3 Å². The van der Waals surface area contributed by atoms with Crippen molar-refractivity contribution in [3.8, 4) is 0 Å². The number of hydrogen-bond acceptors (Lipinski definition) is 8. The third-order valence-electron chi connectivity index (χ3n) is 4.42. The van der Waals surface area contributed by atoms with Crippen molar-refractivity contribution in [1.29, 1.82) is 0 Å². The first-order valence-electron chi connectivity index (χ1n) is 9.08. The quantitative estimate of drug-likeness (QED) is 0.271. The fourth-order valence-electron chi connectivity index (χ4n) is 2.92. The lowest BCUT2D eigenvalue weighted by Crippen LogP contribution is -2.40. The minimum absolute atomic E-state index is 0.0104. The summed E-state index contributed by atoms with van der Waals surface area (Å²) in [6.45, 7) is 0.383. The van der Waals surface area contributed by atoms with Gasteiger partial charge in [-0.15, -0.1) is 11.3 Å². The smallest absolute Gasteiger partial charge is 0.326 e. The highest BCUT2D eigenvalue weighted by atomic mass is 32.1. The Morgan fingerprint density at radius 1 is 1.29 bits per heavy atom. The summed E-state index contributed by atoms with van der Waals surface area (Å²) in [7, 11) is 1.79. The maximum Gasteiger partial charge on any atom is 0.326 e. The summed E-state index contributed by atoms with van der Waals surface area (Å²) in [5.74, 6) is -3.03. The van der Waals surface area contributed by atoms with E-state index < -0.39 is 23.9 Å². The maximum absolute atomic E-state index is 12.4. The average Bonchev–Trinajstić information content (AvgIpc) is 3.31. The Bertz CT molecular complexity index is 1200. The van der Waals surface area contributed by atoms with Gasteiger partial charge in [0.15, 0.2) is 0 Å². The van der Waals surface area contributed by atoms with Crippen LogP contribution in [0.3, 0.4) is 0 Å². The Balaban J connectivity index is 1.68. The fraction of sp³-hybridized carbons (Fsp3) is 0.278. The van der Waals surface area contributed by atoms with Crippen LogP contribution in [0.15, 0.2) is 23.0 Å². The van der Waals surface area contributed by atoms with Crippen LogP contribution in [0.2, 0.25) is 0 Å². The van der Waals surface area contributed by atoms with Gasteiger partial charge in [0.25, 0.3) is 11.5 Å². The minimum atomic E-state index is -1.30. The molecular formula is C18H20N6O6S. The normalized spacial score (nSPS) is 11.9. The second kappa shape index (κ2) is 8.87. The van der Waals surface area contributed by atoms with Gasteiger partial charge in [-0.1, -0.05) is 0 Å². The van der Waals surface area contributed by atoms with Crippen molar-refractivity contribution in [1.82, 2.24) is 20.3 Å². The topological polar surface area (TPSA) is 194 Å². The molecule has 0 aromatic carbocycles. The van der Waals surface area contributed by atoms with Crippen molar-refractivity contribution in [3.05, 3.63) is 39.1 Å². The van der Waals surface area contributed by atoms with E-state index in [9.17, 15) is 24.3 Å². The number of hydrogen-bond donors (Lipinski definition) is 6. The van der Waals surface area contributed by atoms with E-state index in [0.717, 1.165) is 16.3 Å². The predicted octanol–water partition coefficient (Wildman–Crippen LogP) is 0.579. The number of carbonyl (C=O) groups excluding carboxylic acids is 1. The number of aliphatic carboxylic acids is 2. The summed E-state index contributed by atoms with van der Waals surface area (Å²) in [5, 5.41) is 21.3. The zero-order valence-electron chi connectivity index (χ0n) is 16.3. The van der Waals surface area contributed by atoms with E-state index in [4.69, 9.17) is 10.8 Å². The van der Waals surface area contributed by atoms with Gasteiger partial charge in [0.05, 0.1) is 21.8 Å². The van der Waals surface area contributed by atoms with Crippen LogP contribution in [0.4, 0.5) is 10.9 Å². The summed E-state index contributed by atoms with van der Waals surface area (Å²) in [4.78, 5) is 57.9. The first-order chi connectivity index (χ1) is 14.6. The summed E-state index contributed by atoms with van der Waals surface area (Å²) >= 11 is 1.15. The van der Waals surface area contributed by atoms with E-state index in [0.29, 0.717) is 23.3 Å². The predicted molar refractivity (Wildman–Crippen MR) is 113 cm³/mol. The van der Waals surface area contributed by atoms with Crippen LogP contribution in [-0.4, -0.2) is 56.1 Å². The lowest BCUT2D eigenvalue weighted by Gasteiger charge is -2.16. The van der Waals surface area contributed by atoms with E-state index in [1.807, 2.05) is 4.90 Å². The number of nitrogens with one attached hydrogen (secondary N) is 3. The van der Waals surface area contributed by atoms with E-state index in [1.54, 1.807) is 25.2 Å². The molecule has 0 aliphatic heterocycles. The number of amides is 1. The molecule has 0 aliphatic carbocycles. The summed E-state index contributed by atoms with van der Waals surface area (Å²) < 4.78 is 0. The maximum atomic E-state index is 12.4. The largest absolute Gasteiger partial charge is 0.481 e. The van der Waals surface area contributed by atoms with Crippen LogP contribution >= 0.6 is 11.3 Å². The number of carboxylic acid groups (broad SMARTS) is 2. The Hall–Kier alpha value is -3.87. The van der Waals surface area contributed by atoms with Crippen molar-refractivity contribution in [2.24, 2.45) is 0 Å². The molecule has 3 aromatic heterocycles. The van der Waals surface area contributed by atoms with Crippen LogP contribution < -0.4 is 21.5 Å². The number of thiophene rings is 1. The first kappa shape index (κ1) is 21.8. The monoisotopic (exact) mass is 448 g/mol. The number of rotatable bonds is 9. The van der Waals surface area contributed by atoms with Gasteiger partial charge in [0, 0.05) is 19.2 Å². The summed E-state index contributed by atoms with van der Waals surface area (Å²) in [5.41, 5.74) is 6.28. The molecule has 164 valence electrons. The van der Waals surface area contributed by atoms with Gasteiger partial charge >= 0.3 is 11.9 Å². The van der Waals surface area contributed by atoms with Crippen LogP contribution in [-0.2, 0) is 16.1 Å². The second-order valence-electron chi connectivity index (χ2n) is 6.80. The van der Waals surface area contributed by atoms with Gasteiger partial charge in [-0.05, 0) is 24.6 Å². The number of aromatic amines is 2. The molecule has 3 aromatic rings. The molecule has 31 heavy (non-hydrogen) atoms. The van der Waals surface area contributed by atoms with Gasteiger partial charge in [0.1, 0.15) is 11.7 Å². The summed E-state index contributed by atoms with van der Waals surface area (Å²) in [6, 6.07) is 3.63. The molecule has 1 atom stereocenters. The molecule has 7 N–H and O–H groups in total. The van der Waals surface area contributed by atoms with Gasteiger partial charge in [-0.25, -0.2) is 4.79 Å². The molecule has 0 aliphatic rings. The summed E-state index contributed by atoms with van der Waals surface area (Å²) in [6.07, 6.45) is -0.587. The third kappa shape index (κ3) is 5.19. The molecule has 0 spiro atoms. The first-order valence-corrected chi connectivity index (χ1v) is 9.89. The highest BCUT2D eigenvalue weighted by molar-refractivity contribution is 7.17. The number of carbonyl (C=O) groups is 3. The van der Waals surface area contributed by atoms with Gasteiger partial charge in [-0.2, -0.15) is 4.98 Å². The number of H-pyrrole nitrogens is 2. The fourth-order valence-corrected chi connectivity index (χ4v) is 3.79. The van der Waals surface area contributed by atoms with E-state index in [1.165, 1.54) is 0 Å². The van der Waals surface area contributed by atoms with Crippen LogP contribution in [0, 0.1) is 0 Å². The lowest BCUT2D eigenvalue weighted by atomic mass is 10.1. The molecule has 12 nitrogen and oxygen atoms in total. The SMILES string of the molecule is CN(Cc1cc2c(=O)[nH]c(N)nc2[nH]1)c1ccc(C(=O)N[C@@H](CCC(=O)O)C(=O)O)s1. The molecule has 0 saturated heterocycles. The molecule has 0 bridgehead atoms. The van der Waals surface area contributed by atoms with Crippen molar-refractivity contribution in [2.75, 3.05) is 17.7 Å². The van der Waals surface area contributed by atoms with Gasteiger partial charge in [0.2, 0.25) is 5.95 Å². The molecule has 13 heteroatoms. The lowest BCUT2D eigenvalue weighted by molar-refractivity contribution is -0.140. The zero-order valence-corrected chi connectivity index (χ0v) is 17.2. The molecular weight excluding hydrogens is 428 g/mol. The Labute approximate surface area is 178 Å². The van der Waals surface area contributed by atoms with Crippen molar-refractivity contribution in [2.45, 2.75) is 25.4 Å². The van der Waals surface area contributed by atoms with Crippen LogP contribution in [0.1, 0.15) is 28.2 Å². The van der Waals surface area contributed by atoms with Crippen molar-refractivity contribution >= 4 is 51.2 Å². The Kier molecular flexibility index (Phi) is 6.25. The molecule has 0 unspecified atom stereocenters. The zero-order chi connectivity index (χ0) is 22.7. The number of fused-ring (bicyclic) bond motifs is 1. The van der Waals surface area contributed by atoms with Crippen molar-refractivity contribution < 1.29 is 24.6 Å². The molecule has 1 amide bonds. The standard InChI is InChI=1S/C18H20N6O6S/c1-24(7-8-6-9-14(20-8)22-18(19)23-15(9)27)12-4-3-11(31-12)16(28)21-10(17(29)30)2-5-13(25)26/h3-4,6,10H,2,5,7H2,1H3,(H,21,28)(H,25,26)(H,29,30)(H4,19,20,22,23,27)/t10-/m0/s1. The average molecular weight is 448 g/mol. The Morgan fingerprint density at radius 2 is 2.03 bits per heavy atom. The minimum Gasteiger partial charge on any atom is -0.481 e. The molecule has 0 saturated carbocycles. The number of nitrogens with two attached hydrogens (primary N) is 1. The van der Waals surface area contributed by atoms with Gasteiger partial charge < -0.3 is 31.1 Å². The van der Waals surface area contributed by atoms with E-state index in [-0.39, 0.29) is 29.2 Å². The highest BCUT2D eigenvalue weighted by Crippen LogP contribution is 2.26. The van der Waals surface area contributed by atoms with E-state index >= 15 is 0 Å². The van der Waals surface area contributed by atoms with Gasteiger partial charge in [-0.3, -0.25) is 19.4 Å². The molecule has 3 heterocycles. The third-order valence-corrected chi connectivity index (χ3v) is 5.62. The molecule has 0 radical (unpaired) electrons. The molecule has 0 fully saturated rings. The number of nitrogen functional groups attached to an aromatic ring is 1. The Morgan fingerprint density at radius 3 is 2.71 bits per heavy atom. The van der Waals surface area contributed by atoms with Crippen molar-refractivity contribution in [3.63, 3.8) is 0 Å². The highest BCUT2D eigenvalue weighted by Gasteiger charge is 2.23. The number of carboxylic acids is 2. The van der Waals surface area contributed by atoms with Crippen LogP contribution in [0.5, 0.6) is 0 Å². The second-order valence-corrected chi connectivity index (χ2v) is 7.86. The number of anilines is 2.